The molecule has 96 valence electrons. The average molecular weight is 244 g/mol. The molecule has 1 aromatic rings. The first-order valence-corrected chi connectivity index (χ1v) is 6.43. The number of nitrogens with zero attached hydrogens (tertiary/aromatic N) is 1. The molecule has 0 saturated carbocycles. The van der Waals surface area contributed by atoms with Crippen molar-refractivity contribution in [2.45, 2.75) is 19.9 Å². The Hall–Kier alpha value is -1.61. The summed E-state index contributed by atoms with van der Waals surface area (Å²) in [6.07, 6.45) is 3.59. The van der Waals surface area contributed by atoms with Crippen molar-refractivity contribution in [3.63, 3.8) is 0 Å². The van der Waals surface area contributed by atoms with E-state index in [0.29, 0.717) is 6.04 Å². The van der Waals surface area contributed by atoms with Crippen LogP contribution in [0.5, 0.6) is 0 Å². The fourth-order valence-corrected chi connectivity index (χ4v) is 2.17. The smallest absolute Gasteiger partial charge is 0.246 e. The summed E-state index contributed by atoms with van der Waals surface area (Å²) in [6.45, 7) is 6.62. The molecule has 3 heteroatoms. The summed E-state index contributed by atoms with van der Waals surface area (Å²) in [5.41, 5.74) is 2.30. The molecule has 3 nitrogen and oxygen atoms in total. The minimum atomic E-state index is 0.103. The van der Waals surface area contributed by atoms with Gasteiger partial charge in [-0.2, -0.15) is 0 Å². The number of hydrogen-bond acceptors (Lipinski definition) is 2. The third kappa shape index (κ3) is 3.20. The standard InChI is InChI=1S/C15H20N2O/c1-12-5-3-4-6-14(12)7-8-15(18)17-10-9-16-13(2)11-17/h3-8,13,16H,9-11H2,1-2H3. The first-order valence-electron chi connectivity index (χ1n) is 6.43. The molecule has 1 saturated heterocycles. The average Bonchev–Trinajstić information content (AvgIpc) is 2.37. The maximum atomic E-state index is 12.0. The normalized spacial score (nSPS) is 20.3. The maximum absolute atomic E-state index is 12.0. The Balaban J connectivity index is 2.01. The van der Waals surface area contributed by atoms with E-state index in [-0.39, 0.29) is 5.91 Å². The van der Waals surface area contributed by atoms with Crippen molar-refractivity contribution in [2.24, 2.45) is 0 Å². The summed E-state index contributed by atoms with van der Waals surface area (Å²) < 4.78 is 0. The quantitative estimate of drug-likeness (QED) is 0.805. The number of piperazine rings is 1. The van der Waals surface area contributed by atoms with Gasteiger partial charge in [-0.3, -0.25) is 4.79 Å². The van der Waals surface area contributed by atoms with Crippen LogP contribution in [-0.2, 0) is 4.79 Å². The summed E-state index contributed by atoms with van der Waals surface area (Å²) in [6, 6.07) is 8.46. The Labute approximate surface area is 108 Å². The molecule has 1 amide bonds. The molecule has 2 rings (SSSR count). The van der Waals surface area contributed by atoms with Crippen LogP contribution < -0.4 is 5.32 Å². The van der Waals surface area contributed by atoms with Crippen LogP contribution >= 0.6 is 0 Å². The van der Waals surface area contributed by atoms with E-state index in [1.165, 1.54) is 5.56 Å². The van der Waals surface area contributed by atoms with E-state index in [9.17, 15) is 4.79 Å². The van der Waals surface area contributed by atoms with E-state index in [4.69, 9.17) is 0 Å². The van der Waals surface area contributed by atoms with Crippen molar-refractivity contribution >= 4 is 12.0 Å². The van der Waals surface area contributed by atoms with Crippen molar-refractivity contribution in [3.8, 4) is 0 Å². The van der Waals surface area contributed by atoms with Gasteiger partial charge in [0.15, 0.2) is 0 Å². The van der Waals surface area contributed by atoms with Crippen molar-refractivity contribution in [3.05, 3.63) is 41.5 Å². The molecule has 0 aliphatic carbocycles. The number of amides is 1. The zero-order valence-corrected chi connectivity index (χ0v) is 11.0. The molecule has 1 aliphatic heterocycles. The Kier molecular flexibility index (Phi) is 4.15. The molecule has 1 atom stereocenters. The van der Waals surface area contributed by atoms with Gasteiger partial charge < -0.3 is 10.2 Å². The van der Waals surface area contributed by atoms with Gasteiger partial charge in [0.2, 0.25) is 5.91 Å². The fraction of sp³-hybridized carbons (Fsp3) is 0.400. The lowest BCUT2D eigenvalue weighted by molar-refractivity contribution is -0.127. The van der Waals surface area contributed by atoms with Crippen molar-refractivity contribution < 1.29 is 4.79 Å². The Bertz CT molecular complexity index is 454. The fourth-order valence-electron chi connectivity index (χ4n) is 2.17. The molecular formula is C15H20N2O. The number of carbonyl (C=O) groups is 1. The topological polar surface area (TPSA) is 32.3 Å². The number of nitrogens with one attached hydrogen (secondary N) is 1. The summed E-state index contributed by atoms with van der Waals surface area (Å²) >= 11 is 0. The first kappa shape index (κ1) is 12.8. The predicted molar refractivity (Wildman–Crippen MR) is 74.3 cm³/mol. The second kappa shape index (κ2) is 5.83. The zero-order chi connectivity index (χ0) is 13.0. The minimum Gasteiger partial charge on any atom is -0.336 e. The molecule has 1 aliphatic rings. The van der Waals surface area contributed by atoms with Crippen LogP contribution in [-0.4, -0.2) is 36.5 Å². The van der Waals surface area contributed by atoms with E-state index in [2.05, 4.69) is 25.2 Å². The molecule has 1 unspecified atom stereocenters. The number of carbonyl (C=O) groups excluding carboxylic acids is 1. The molecule has 1 aromatic carbocycles. The highest BCUT2D eigenvalue weighted by Gasteiger charge is 2.18. The summed E-state index contributed by atoms with van der Waals surface area (Å²) in [5, 5.41) is 3.33. The second-order valence-electron chi connectivity index (χ2n) is 4.83. The monoisotopic (exact) mass is 244 g/mol. The van der Waals surface area contributed by atoms with Gasteiger partial charge in [-0.1, -0.05) is 24.3 Å². The van der Waals surface area contributed by atoms with Crippen LogP contribution in [0.4, 0.5) is 0 Å². The first-order chi connectivity index (χ1) is 8.66. The van der Waals surface area contributed by atoms with Crippen LogP contribution in [0, 0.1) is 6.92 Å². The SMILES string of the molecule is Cc1ccccc1C=CC(=O)N1CCNC(C)C1. The minimum absolute atomic E-state index is 0.103. The summed E-state index contributed by atoms with van der Waals surface area (Å²) in [7, 11) is 0. The van der Waals surface area contributed by atoms with Crippen LogP contribution in [0.1, 0.15) is 18.1 Å². The third-order valence-corrected chi connectivity index (χ3v) is 3.27. The number of benzene rings is 1. The molecule has 0 radical (unpaired) electrons. The lowest BCUT2D eigenvalue weighted by Gasteiger charge is -2.31. The van der Waals surface area contributed by atoms with Gasteiger partial charge in [-0.05, 0) is 31.1 Å². The number of rotatable bonds is 2. The second-order valence-corrected chi connectivity index (χ2v) is 4.83. The summed E-state index contributed by atoms with van der Waals surface area (Å²) in [4.78, 5) is 13.9. The Morgan fingerprint density at radius 1 is 1.44 bits per heavy atom. The lowest BCUT2D eigenvalue weighted by atomic mass is 10.1. The number of aryl methyl sites for hydroxylation is 1. The summed E-state index contributed by atoms with van der Waals surface area (Å²) in [5.74, 6) is 0.103. The van der Waals surface area contributed by atoms with E-state index in [0.717, 1.165) is 25.2 Å². The molecule has 1 heterocycles. The van der Waals surface area contributed by atoms with Gasteiger partial charge in [-0.25, -0.2) is 0 Å². The van der Waals surface area contributed by atoms with E-state index in [1.807, 2.05) is 29.2 Å². The van der Waals surface area contributed by atoms with Gasteiger partial charge in [0.25, 0.3) is 0 Å². The highest BCUT2D eigenvalue weighted by atomic mass is 16.2. The highest BCUT2D eigenvalue weighted by Crippen LogP contribution is 2.09. The largest absolute Gasteiger partial charge is 0.336 e. The lowest BCUT2D eigenvalue weighted by Crippen LogP contribution is -2.50. The Morgan fingerprint density at radius 3 is 2.94 bits per heavy atom. The van der Waals surface area contributed by atoms with Crippen LogP contribution in [0.2, 0.25) is 0 Å². The third-order valence-electron chi connectivity index (χ3n) is 3.27. The van der Waals surface area contributed by atoms with Crippen molar-refractivity contribution in [1.29, 1.82) is 0 Å². The molecule has 18 heavy (non-hydrogen) atoms. The van der Waals surface area contributed by atoms with Crippen molar-refractivity contribution in [2.75, 3.05) is 19.6 Å². The van der Waals surface area contributed by atoms with E-state index >= 15 is 0 Å². The predicted octanol–water partition coefficient (Wildman–Crippen LogP) is 1.83. The van der Waals surface area contributed by atoms with Gasteiger partial charge in [0, 0.05) is 31.8 Å². The van der Waals surface area contributed by atoms with Crippen LogP contribution in [0.25, 0.3) is 6.08 Å². The van der Waals surface area contributed by atoms with Gasteiger partial charge in [-0.15, -0.1) is 0 Å². The van der Waals surface area contributed by atoms with Gasteiger partial charge >= 0.3 is 0 Å². The Morgan fingerprint density at radius 2 is 2.22 bits per heavy atom. The maximum Gasteiger partial charge on any atom is 0.246 e. The van der Waals surface area contributed by atoms with Gasteiger partial charge in [0.05, 0.1) is 0 Å². The van der Waals surface area contributed by atoms with Crippen LogP contribution in [0.15, 0.2) is 30.3 Å². The highest BCUT2D eigenvalue weighted by molar-refractivity contribution is 5.92. The molecule has 0 spiro atoms. The van der Waals surface area contributed by atoms with Crippen molar-refractivity contribution in [1.82, 2.24) is 10.2 Å². The molecule has 0 bridgehead atoms. The van der Waals surface area contributed by atoms with Gasteiger partial charge in [0.1, 0.15) is 0 Å². The molecule has 1 fully saturated rings. The molecule has 1 N–H and O–H groups in total. The molecule has 0 aromatic heterocycles. The van der Waals surface area contributed by atoms with E-state index < -0.39 is 0 Å². The van der Waals surface area contributed by atoms with E-state index in [1.54, 1.807) is 6.08 Å². The van der Waals surface area contributed by atoms with Crippen LogP contribution in [0.3, 0.4) is 0 Å². The molecular weight excluding hydrogens is 224 g/mol. The zero-order valence-electron chi connectivity index (χ0n) is 11.0. The number of hydrogen-bond donors (Lipinski definition) is 1.